The van der Waals surface area contributed by atoms with Gasteiger partial charge in [-0.1, -0.05) is 12.8 Å². The predicted octanol–water partition coefficient (Wildman–Crippen LogP) is 3.21. The maximum absolute atomic E-state index is 12.1. The third-order valence-corrected chi connectivity index (χ3v) is 4.98. The van der Waals surface area contributed by atoms with Gasteiger partial charge in [0.15, 0.2) is 0 Å². The average molecular weight is 288 g/mol. The topological polar surface area (TPSA) is 55.6 Å². The van der Waals surface area contributed by atoms with Crippen LogP contribution in [0, 0.1) is 5.92 Å². The molecular weight excluding hydrogens is 264 g/mol. The van der Waals surface area contributed by atoms with Gasteiger partial charge in [-0.05, 0) is 49.8 Å². The summed E-state index contributed by atoms with van der Waals surface area (Å²) in [4.78, 5) is 14.5. The quantitative estimate of drug-likeness (QED) is 0.670. The Balaban J connectivity index is 1.96. The Bertz CT molecular complexity index is 528. The Morgan fingerprint density at radius 3 is 2.81 bits per heavy atom. The van der Waals surface area contributed by atoms with Crippen molar-refractivity contribution in [2.75, 3.05) is 24.3 Å². The first-order valence-electron chi connectivity index (χ1n) is 7.95. The molecule has 0 bridgehead atoms. The van der Waals surface area contributed by atoms with E-state index in [1.807, 2.05) is 12.1 Å². The maximum atomic E-state index is 12.1. The Morgan fingerprint density at radius 2 is 2.00 bits per heavy atom. The number of hydrogen-bond donors (Lipinski definition) is 1. The highest BCUT2D eigenvalue weighted by Crippen LogP contribution is 2.39. The maximum Gasteiger partial charge on any atom is 0.340 e. The number of carbonyl (C=O) groups excluding carboxylic acids is 1. The molecule has 2 unspecified atom stereocenters. The van der Waals surface area contributed by atoms with Crippen LogP contribution in [0.15, 0.2) is 18.2 Å². The summed E-state index contributed by atoms with van der Waals surface area (Å²) in [5, 5.41) is 0. The molecule has 1 aromatic carbocycles. The van der Waals surface area contributed by atoms with Gasteiger partial charge in [0.25, 0.3) is 0 Å². The van der Waals surface area contributed by atoms with Gasteiger partial charge in [-0.3, -0.25) is 0 Å². The lowest BCUT2D eigenvalue weighted by atomic mass is 9.78. The van der Waals surface area contributed by atoms with E-state index in [4.69, 9.17) is 10.5 Å². The molecule has 2 aliphatic rings. The van der Waals surface area contributed by atoms with E-state index in [0.717, 1.165) is 18.2 Å². The molecule has 4 heteroatoms. The molecule has 0 radical (unpaired) electrons. The molecule has 1 saturated heterocycles. The lowest BCUT2D eigenvalue weighted by Crippen LogP contribution is -2.47. The molecule has 1 saturated carbocycles. The van der Waals surface area contributed by atoms with Gasteiger partial charge in [0.05, 0.1) is 18.4 Å². The number of esters is 1. The lowest BCUT2D eigenvalue weighted by Gasteiger charge is -2.46. The highest BCUT2D eigenvalue weighted by molar-refractivity contribution is 5.97. The molecule has 0 amide bonds. The van der Waals surface area contributed by atoms with Crippen LogP contribution < -0.4 is 10.6 Å². The number of benzene rings is 1. The average Bonchev–Trinajstić information content (AvgIpc) is 2.53. The molecule has 2 atom stereocenters. The number of nitrogens with zero attached hydrogens (tertiary/aromatic N) is 1. The third-order valence-electron chi connectivity index (χ3n) is 4.98. The van der Waals surface area contributed by atoms with Crippen LogP contribution in [0.1, 0.15) is 48.9 Å². The summed E-state index contributed by atoms with van der Waals surface area (Å²) in [6.45, 7) is 1.02. The van der Waals surface area contributed by atoms with Crippen molar-refractivity contribution in [3.63, 3.8) is 0 Å². The van der Waals surface area contributed by atoms with Crippen LogP contribution in [0.3, 0.4) is 0 Å². The fourth-order valence-electron chi connectivity index (χ4n) is 4.00. The van der Waals surface area contributed by atoms with Crippen molar-refractivity contribution in [3.05, 3.63) is 23.8 Å². The van der Waals surface area contributed by atoms with Crippen molar-refractivity contribution in [3.8, 4) is 0 Å². The molecule has 21 heavy (non-hydrogen) atoms. The van der Waals surface area contributed by atoms with Crippen molar-refractivity contribution >= 4 is 17.3 Å². The first-order valence-corrected chi connectivity index (χ1v) is 7.95. The Hall–Kier alpha value is -1.71. The van der Waals surface area contributed by atoms with Crippen LogP contribution in [-0.2, 0) is 4.74 Å². The van der Waals surface area contributed by atoms with Gasteiger partial charge in [0.1, 0.15) is 0 Å². The van der Waals surface area contributed by atoms with E-state index in [1.54, 1.807) is 6.07 Å². The zero-order valence-electron chi connectivity index (χ0n) is 12.7. The van der Waals surface area contributed by atoms with Crippen LogP contribution in [0.2, 0.25) is 0 Å². The second-order valence-electron chi connectivity index (χ2n) is 6.22. The zero-order valence-corrected chi connectivity index (χ0v) is 12.7. The minimum absolute atomic E-state index is 0.296. The number of anilines is 2. The Morgan fingerprint density at radius 1 is 1.24 bits per heavy atom. The summed E-state index contributed by atoms with van der Waals surface area (Å²) in [5.74, 6) is 0.478. The summed E-state index contributed by atoms with van der Waals surface area (Å²) in [5.41, 5.74) is 8.06. The van der Waals surface area contributed by atoms with Crippen LogP contribution in [0.4, 0.5) is 11.4 Å². The number of hydrogen-bond acceptors (Lipinski definition) is 4. The molecular formula is C17H24N2O2. The second-order valence-corrected chi connectivity index (χ2v) is 6.22. The summed E-state index contributed by atoms with van der Waals surface area (Å²) >= 11 is 0. The number of methoxy groups -OCH3 is 1. The summed E-state index contributed by atoms with van der Waals surface area (Å²) in [6, 6.07) is 6.18. The number of carbonyl (C=O) groups is 1. The van der Waals surface area contributed by atoms with Crippen molar-refractivity contribution in [2.24, 2.45) is 5.92 Å². The number of fused-ring (bicyclic) bond motifs is 1. The number of nitrogens with two attached hydrogens (primary N) is 1. The molecule has 0 aromatic heterocycles. The van der Waals surface area contributed by atoms with Gasteiger partial charge in [-0.2, -0.15) is 0 Å². The molecule has 1 heterocycles. The monoisotopic (exact) mass is 288 g/mol. The van der Waals surface area contributed by atoms with Gasteiger partial charge in [0, 0.05) is 18.3 Å². The molecule has 4 nitrogen and oxygen atoms in total. The summed E-state index contributed by atoms with van der Waals surface area (Å²) < 4.78 is 4.94. The molecule has 2 fully saturated rings. The van der Waals surface area contributed by atoms with E-state index >= 15 is 0 Å². The van der Waals surface area contributed by atoms with E-state index in [1.165, 1.54) is 45.6 Å². The van der Waals surface area contributed by atoms with Gasteiger partial charge in [-0.25, -0.2) is 4.79 Å². The molecule has 114 valence electrons. The standard InChI is InChI=1S/C17H24N2O2/c1-21-17(20)14-11-13(18)8-9-16(14)19-10-4-6-12-5-2-3-7-15(12)19/h8-9,11-12,15H,2-7,10,18H2,1H3. The molecule has 3 rings (SSSR count). The van der Waals surface area contributed by atoms with E-state index in [9.17, 15) is 4.79 Å². The number of ether oxygens (including phenoxy) is 1. The van der Waals surface area contributed by atoms with Gasteiger partial charge < -0.3 is 15.4 Å². The van der Waals surface area contributed by atoms with Gasteiger partial charge >= 0.3 is 5.97 Å². The number of nitrogen functional groups attached to an aromatic ring is 1. The fourth-order valence-corrected chi connectivity index (χ4v) is 4.00. The minimum atomic E-state index is -0.296. The number of rotatable bonds is 2. The molecule has 1 aliphatic carbocycles. The highest BCUT2D eigenvalue weighted by Gasteiger charge is 2.34. The smallest absolute Gasteiger partial charge is 0.340 e. The summed E-state index contributed by atoms with van der Waals surface area (Å²) in [6.07, 6.45) is 7.72. The summed E-state index contributed by atoms with van der Waals surface area (Å²) in [7, 11) is 1.43. The number of piperidine rings is 1. The predicted molar refractivity (Wildman–Crippen MR) is 84.5 cm³/mol. The Labute approximate surface area is 126 Å². The SMILES string of the molecule is COC(=O)c1cc(N)ccc1N1CCCC2CCCCC21. The minimum Gasteiger partial charge on any atom is -0.465 e. The van der Waals surface area contributed by atoms with Crippen LogP contribution in [0.5, 0.6) is 0 Å². The molecule has 1 aliphatic heterocycles. The van der Waals surface area contributed by atoms with Gasteiger partial charge in [0.2, 0.25) is 0 Å². The van der Waals surface area contributed by atoms with E-state index in [2.05, 4.69) is 4.90 Å². The second kappa shape index (κ2) is 5.96. The normalized spacial score (nSPS) is 25.3. The first kappa shape index (κ1) is 14.2. The lowest BCUT2D eigenvalue weighted by molar-refractivity contribution is 0.0601. The van der Waals surface area contributed by atoms with E-state index in [0.29, 0.717) is 17.3 Å². The van der Waals surface area contributed by atoms with Crippen molar-refractivity contribution < 1.29 is 9.53 Å². The van der Waals surface area contributed by atoms with Crippen molar-refractivity contribution in [2.45, 2.75) is 44.6 Å². The Kier molecular flexibility index (Phi) is 4.04. The first-order chi connectivity index (χ1) is 10.2. The molecule has 1 aromatic rings. The van der Waals surface area contributed by atoms with E-state index in [-0.39, 0.29) is 5.97 Å². The van der Waals surface area contributed by atoms with E-state index < -0.39 is 0 Å². The highest BCUT2D eigenvalue weighted by atomic mass is 16.5. The molecule has 0 spiro atoms. The van der Waals surface area contributed by atoms with Crippen LogP contribution in [-0.4, -0.2) is 25.7 Å². The largest absolute Gasteiger partial charge is 0.465 e. The van der Waals surface area contributed by atoms with Crippen LogP contribution in [0.25, 0.3) is 0 Å². The zero-order chi connectivity index (χ0) is 14.8. The van der Waals surface area contributed by atoms with Crippen LogP contribution >= 0.6 is 0 Å². The van der Waals surface area contributed by atoms with Crippen molar-refractivity contribution in [1.29, 1.82) is 0 Å². The van der Waals surface area contributed by atoms with Gasteiger partial charge in [-0.15, -0.1) is 0 Å². The third kappa shape index (κ3) is 2.71. The fraction of sp³-hybridized carbons (Fsp3) is 0.588. The van der Waals surface area contributed by atoms with Crippen molar-refractivity contribution in [1.82, 2.24) is 0 Å². The molecule has 2 N–H and O–H groups in total.